The number of nitrogens with zero attached hydrogens (tertiary/aromatic N) is 1. The van der Waals surface area contributed by atoms with Crippen LogP contribution in [-0.2, 0) is 9.53 Å². The minimum Gasteiger partial charge on any atom is -0.469 e. The van der Waals surface area contributed by atoms with E-state index in [4.69, 9.17) is 4.74 Å². The number of carbonyl (C=O) groups excluding carboxylic acids is 1. The van der Waals surface area contributed by atoms with Crippen molar-refractivity contribution in [3.63, 3.8) is 0 Å². The fraction of sp³-hybridized carbons (Fsp3) is 0.533. The van der Waals surface area contributed by atoms with Gasteiger partial charge in [-0.05, 0) is 51.1 Å². The maximum Gasteiger partial charge on any atom is 0.305 e. The van der Waals surface area contributed by atoms with Gasteiger partial charge in [-0.25, -0.2) is 0 Å². The molecule has 1 unspecified atom stereocenters. The van der Waals surface area contributed by atoms with E-state index in [9.17, 15) is 4.79 Å². The smallest absolute Gasteiger partial charge is 0.305 e. The van der Waals surface area contributed by atoms with Gasteiger partial charge < -0.3 is 9.64 Å². The summed E-state index contributed by atoms with van der Waals surface area (Å²) in [6.07, 6.45) is 1.23. The summed E-state index contributed by atoms with van der Waals surface area (Å²) < 4.78 is 4.70. The molecule has 0 radical (unpaired) electrons. The summed E-state index contributed by atoms with van der Waals surface area (Å²) in [5.41, 5.74) is 3.84. The molecule has 0 aliphatic heterocycles. The Kier molecular flexibility index (Phi) is 5.35. The average molecular weight is 249 g/mol. The number of carbonyl (C=O) groups is 1. The topological polar surface area (TPSA) is 29.5 Å². The van der Waals surface area contributed by atoms with Gasteiger partial charge in [-0.15, -0.1) is 0 Å². The van der Waals surface area contributed by atoms with E-state index in [-0.39, 0.29) is 12.0 Å². The summed E-state index contributed by atoms with van der Waals surface area (Å²) in [5, 5.41) is 0. The number of methoxy groups -OCH3 is 1. The summed E-state index contributed by atoms with van der Waals surface area (Å²) in [4.78, 5) is 13.4. The number of rotatable bonds is 5. The standard InChI is InChI=1S/C15H23NO2/c1-11-6-7-13(10-12(11)2)14(16(3)4)8-9-15(17)18-5/h6-7,10,14H,8-9H2,1-5H3. The van der Waals surface area contributed by atoms with Crippen LogP contribution in [0.2, 0.25) is 0 Å². The van der Waals surface area contributed by atoms with E-state index in [2.05, 4.69) is 36.9 Å². The third-order valence-corrected chi connectivity index (χ3v) is 3.39. The average Bonchev–Trinajstić information content (AvgIpc) is 2.33. The fourth-order valence-electron chi connectivity index (χ4n) is 2.05. The van der Waals surface area contributed by atoms with Crippen LogP contribution in [0, 0.1) is 13.8 Å². The van der Waals surface area contributed by atoms with Crippen molar-refractivity contribution >= 4 is 5.97 Å². The van der Waals surface area contributed by atoms with Crippen molar-refractivity contribution < 1.29 is 9.53 Å². The van der Waals surface area contributed by atoms with Crippen LogP contribution in [-0.4, -0.2) is 32.1 Å². The van der Waals surface area contributed by atoms with Gasteiger partial charge in [0.1, 0.15) is 0 Å². The lowest BCUT2D eigenvalue weighted by Gasteiger charge is -2.25. The lowest BCUT2D eigenvalue weighted by Crippen LogP contribution is -2.21. The predicted molar refractivity (Wildman–Crippen MR) is 73.6 cm³/mol. The molecule has 0 spiro atoms. The van der Waals surface area contributed by atoms with E-state index >= 15 is 0 Å². The van der Waals surface area contributed by atoms with Crippen molar-refractivity contribution in [2.24, 2.45) is 0 Å². The molecule has 3 heteroatoms. The second kappa shape index (κ2) is 6.55. The Balaban J connectivity index is 2.84. The summed E-state index contributed by atoms with van der Waals surface area (Å²) in [7, 11) is 5.51. The summed E-state index contributed by atoms with van der Waals surface area (Å²) in [6.45, 7) is 4.23. The van der Waals surface area contributed by atoms with E-state index < -0.39 is 0 Å². The van der Waals surface area contributed by atoms with Gasteiger partial charge in [0, 0.05) is 12.5 Å². The molecule has 18 heavy (non-hydrogen) atoms. The summed E-state index contributed by atoms with van der Waals surface area (Å²) in [6, 6.07) is 6.74. The number of esters is 1. The Bertz CT molecular complexity index is 413. The van der Waals surface area contributed by atoms with E-state index in [1.807, 2.05) is 14.1 Å². The molecule has 1 atom stereocenters. The first-order valence-electron chi connectivity index (χ1n) is 6.26. The minimum atomic E-state index is -0.148. The van der Waals surface area contributed by atoms with Crippen molar-refractivity contribution in [2.45, 2.75) is 32.7 Å². The zero-order valence-corrected chi connectivity index (χ0v) is 12.0. The van der Waals surface area contributed by atoms with Crippen LogP contribution >= 0.6 is 0 Å². The Morgan fingerprint density at radius 1 is 1.28 bits per heavy atom. The van der Waals surface area contributed by atoms with Gasteiger partial charge in [-0.2, -0.15) is 0 Å². The highest BCUT2D eigenvalue weighted by molar-refractivity contribution is 5.69. The van der Waals surface area contributed by atoms with Gasteiger partial charge in [0.25, 0.3) is 0 Å². The van der Waals surface area contributed by atoms with Gasteiger partial charge in [-0.1, -0.05) is 18.2 Å². The van der Waals surface area contributed by atoms with Gasteiger partial charge in [0.2, 0.25) is 0 Å². The fourth-order valence-corrected chi connectivity index (χ4v) is 2.05. The molecule has 0 saturated carbocycles. The molecule has 0 saturated heterocycles. The van der Waals surface area contributed by atoms with Gasteiger partial charge >= 0.3 is 5.97 Å². The van der Waals surface area contributed by atoms with E-state index in [0.29, 0.717) is 6.42 Å². The maximum absolute atomic E-state index is 11.3. The molecule has 0 aliphatic rings. The van der Waals surface area contributed by atoms with Gasteiger partial charge in [-0.3, -0.25) is 4.79 Å². The molecule has 0 amide bonds. The highest BCUT2D eigenvalue weighted by atomic mass is 16.5. The SMILES string of the molecule is COC(=O)CCC(c1ccc(C)c(C)c1)N(C)C. The van der Waals surface area contributed by atoms with Crippen LogP contribution in [0.1, 0.15) is 35.6 Å². The highest BCUT2D eigenvalue weighted by Crippen LogP contribution is 2.25. The Morgan fingerprint density at radius 2 is 1.94 bits per heavy atom. The van der Waals surface area contributed by atoms with Crippen LogP contribution in [0.4, 0.5) is 0 Å². The first-order valence-corrected chi connectivity index (χ1v) is 6.26. The molecule has 3 nitrogen and oxygen atoms in total. The Labute approximate surface area is 110 Å². The van der Waals surface area contributed by atoms with Crippen molar-refractivity contribution in [3.05, 3.63) is 34.9 Å². The zero-order valence-electron chi connectivity index (χ0n) is 12.0. The lowest BCUT2D eigenvalue weighted by atomic mass is 9.97. The molecule has 0 aromatic heterocycles. The predicted octanol–water partition coefficient (Wildman–Crippen LogP) is 2.86. The summed E-state index contributed by atoms with van der Waals surface area (Å²) in [5.74, 6) is -0.148. The van der Waals surface area contributed by atoms with Crippen LogP contribution in [0.15, 0.2) is 18.2 Å². The van der Waals surface area contributed by atoms with Crippen LogP contribution in [0.25, 0.3) is 0 Å². The van der Waals surface area contributed by atoms with Gasteiger partial charge in [0.15, 0.2) is 0 Å². The van der Waals surface area contributed by atoms with Gasteiger partial charge in [0.05, 0.1) is 7.11 Å². The van der Waals surface area contributed by atoms with E-state index in [1.165, 1.54) is 23.8 Å². The zero-order chi connectivity index (χ0) is 13.7. The molecule has 0 bridgehead atoms. The summed E-state index contributed by atoms with van der Waals surface area (Å²) >= 11 is 0. The van der Waals surface area contributed by atoms with Crippen molar-refractivity contribution in [1.82, 2.24) is 4.90 Å². The number of ether oxygens (including phenoxy) is 1. The molecule has 0 fully saturated rings. The molecule has 0 aliphatic carbocycles. The second-order valence-electron chi connectivity index (χ2n) is 4.94. The second-order valence-corrected chi connectivity index (χ2v) is 4.94. The highest BCUT2D eigenvalue weighted by Gasteiger charge is 2.16. The molecule has 1 aromatic rings. The van der Waals surface area contributed by atoms with Crippen molar-refractivity contribution in [2.75, 3.05) is 21.2 Å². The quantitative estimate of drug-likeness (QED) is 0.751. The number of hydrogen-bond donors (Lipinski definition) is 0. The van der Waals surface area contributed by atoms with E-state index in [0.717, 1.165) is 6.42 Å². The lowest BCUT2D eigenvalue weighted by molar-refractivity contribution is -0.141. The largest absolute Gasteiger partial charge is 0.469 e. The molecule has 1 aromatic carbocycles. The number of aryl methyl sites for hydroxylation is 2. The Morgan fingerprint density at radius 3 is 2.44 bits per heavy atom. The Hall–Kier alpha value is -1.35. The number of benzene rings is 1. The third kappa shape index (κ3) is 3.84. The molecule has 0 heterocycles. The first-order chi connectivity index (χ1) is 8.45. The first kappa shape index (κ1) is 14.7. The molecular weight excluding hydrogens is 226 g/mol. The van der Waals surface area contributed by atoms with Crippen LogP contribution in [0.5, 0.6) is 0 Å². The minimum absolute atomic E-state index is 0.148. The normalized spacial score (nSPS) is 12.6. The molecule has 0 N–H and O–H groups in total. The monoisotopic (exact) mass is 249 g/mol. The third-order valence-electron chi connectivity index (χ3n) is 3.39. The van der Waals surface area contributed by atoms with Crippen molar-refractivity contribution in [1.29, 1.82) is 0 Å². The number of hydrogen-bond acceptors (Lipinski definition) is 3. The molecular formula is C15H23NO2. The molecule has 1 rings (SSSR count). The maximum atomic E-state index is 11.3. The molecule has 100 valence electrons. The van der Waals surface area contributed by atoms with E-state index in [1.54, 1.807) is 0 Å². The van der Waals surface area contributed by atoms with Crippen molar-refractivity contribution in [3.8, 4) is 0 Å². The van der Waals surface area contributed by atoms with Crippen LogP contribution < -0.4 is 0 Å². The van der Waals surface area contributed by atoms with Crippen LogP contribution in [0.3, 0.4) is 0 Å².